The van der Waals surface area contributed by atoms with Gasteiger partial charge in [-0.1, -0.05) is 86.1 Å². The van der Waals surface area contributed by atoms with Gasteiger partial charge in [-0.3, -0.25) is 14.3 Å². The molecule has 1 aromatic heterocycles. The number of carbonyl (C=O) groups excluding carboxylic acids is 1. The van der Waals surface area contributed by atoms with Crippen molar-refractivity contribution in [3.8, 4) is 16.9 Å². The van der Waals surface area contributed by atoms with Crippen molar-refractivity contribution in [3.05, 3.63) is 104 Å². The van der Waals surface area contributed by atoms with E-state index in [1.54, 1.807) is 4.90 Å². The SMILES string of the molecule is O=C1SC/C(=N/N=c2\scc(-c3ccc(Br)cc3)n2-c2ccc(Br)cc2)N1Cc1ccccc1. The van der Waals surface area contributed by atoms with Crippen molar-refractivity contribution in [2.24, 2.45) is 10.2 Å². The van der Waals surface area contributed by atoms with Gasteiger partial charge in [-0.15, -0.1) is 21.5 Å². The number of benzene rings is 3. The van der Waals surface area contributed by atoms with Crippen LogP contribution in [0, 0.1) is 0 Å². The fourth-order valence-corrected chi connectivity index (χ4v) is 5.71. The maximum Gasteiger partial charge on any atom is 0.287 e. The highest BCUT2D eigenvalue weighted by Gasteiger charge is 2.28. The number of aromatic nitrogens is 1. The van der Waals surface area contributed by atoms with Crippen molar-refractivity contribution in [2.45, 2.75) is 6.54 Å². The van der Waals surface area contributed by atoms with E-state index in [-0.39, 0.29) is 5.24 Å². The van der Waals surface area contributed by atoms with E-state index in [9.17, 15) is 4.79 Å². The summed E-state index contributed by atoms with van der Waals surface area (Å²) in [7, 11) is 0. The van der Waals surface area contributed by atoms with Crippen LogP contribution in [0.15, 0.2) is 103 Å². The van der Waals surface area contributed by atoms with Crippen LogP contribution in [0.4, 0.5) is 4.79 Å². The number of halogens is 2. The minimum absolute atomic E-state index is 0.000297. The zero-order chi connectivity index (χ0) is 23.5. The van der Waals surface area contributed by atoms with E-state index in [1.165, 1.54) is 23.1 Å². The summed E-state index contributed by atoms with van der Waals surface area (Å²) in [5, 5.41) is 11.2. The van der Waals surface area contributed by atoms with Crippen molar-refractivity contribution in [1.29, 1.82) is 0 Å². The minimum Gasteiger partial charge on any atom is -0.284 e. The highest BCUT2D eigenvalue weighted by atomic mass is 79.9. The molecule has 1 aliphatic rings. The van der Waals surface area contributed by atoms with Crippen LogP contribution >= 0.6 is 55.0 Å². The first-order chi connectivity index (χ1) is 16.6. The number of amidine groups is 1. The summed E-state index contributed by atoms with van der Waals surface area (Å²) in [6, 6.07) is 26.2. The number of amides is 1. The average molecular weight is 614 g/mol. The highest BCUT2D eigenvalue weighted by molar-refractivity contribution is 9.10. The zero-order valence-electron chi connectivity index (χ0n) is 17.8. The second-order valence-electron chi connectivity index (χ2n) is 7.46. The zero-order valence-corrected chi connectivity index (χ0v) is 22.6. The first kappa shape index (κ1) is 23.3. The van der Waals surface area contributed by atoms with Crippen molar-refractivity contribution in [2.75, 3.05) is 5.75 Å². The topological polar surface area (TPSA) is 50.0 Å². The molecule has 0 spiro atoms. The fraction of sp³-hybridized carbons (Fsp3) is 0.0800. The van der Waals surface area contributed by atoms with Crippen LogP contribution < -0.4 is 4.80 Å². The molecule has 1 aliphatic heterocycles. The first-order valence-electron chi connectivity index (χ1n) is 10.4. The second kappa shape index (κ2) is 10.4. The number of hydrogen-bond acceptors (Lipinski definition) is 5. The Bertz CT molecular complexity index is 1410. The molecule has 1 saturated heterocycles. The van der Waals surface area contributed by atoms with E-state index in [2.05, 4.69) is 64.1 Å². The van der Waals surface area contributed by atoms with Gasteiger partial charge in [-0.05, 0) is 47.5 Å². The predicted molar refractivity (Wildman–Crippen MR) is 147 cm³/mol. The Morgan fingerprint density at radius 2 is 1.53 bits per heavy atom. The number of hydrogen-bond donors (Lipinski definition) is 0. The summed E-state index contributed by atoms with van der Waals surface area (Å²) in [6.45, 7) is 0.488. The molecule has 3 aromatic carbocycles. The number of rotatable bonds is 5. The summed E-state index contributed by atoms with van der Waals surface area (Å²) in [5.41, 5.74) is 4.15. The molecule has 1 amide bonds. The molecule has 2 heterocycles. The van der Waals surface area contributed by atoms with E-state index in [0.717, 1.165) is 36.3 Å². The number of thiazole rings is 1. The van der Waals surface area contributed by atoms with Crippen LogP contribution in [0.1, 0.15) is 5.56 Å². The summed E-state index contributed by atoms with van der Waals surface area (Å²) < 4.78 is 4.13. The third kappa shape index (κ3) is 5.12. The molecule has 5 rings (SSSR count). The standard InChI is InChI=1S/C25H18Br2N4OS2/c26-19-8-6-18(7-9-19)22-15-33-24(31(22)21-12-10-20(27)11-13-21)29-28-23-16-34-25(32)30(23)14-17-4-2-1-3-5-17/h1-13,15H,14,16H2/b28-23-,29-24-. The van der Waals surface area contributed by atoms with Gasteiger partial charge < -0.3 is 0 Å². The van der Waals surface area contributed by atoms with E-state index in [0.29, 0.717) is 18.1 Å². The van der Waals surface area contributed by atoms with E-state index in [4.69, 9.17) is 0 Å². The van der Waals surface area contributed by atoms with Crippen molar-refractivity contribution < 1.29 is 4.79 Å². The van der Waals surface area contributed by atoms with Crippen LogP contribution in [0.2, 0.25) is 0 Å². The monoisotopic (exact) mass is 612 g/mol. The molecule has 4 aromatic rings. The summed E-state index contributed by atoms with van der Waals surface area (Å²) >= 11 is 9.80. The third-order valence-corrected chi connectivity index (χ3v) is 7.97. The fourth-order valence-electron chi connectivity index (χ4n) is 3.54. The molecule has 0 saturated carbocycles. The average Bonchev–Trinajstić information content (AvgIpc) is 3.43. The lowest BCUT2D eigenvalue weighted by Crippen LogP contribution is -2.28. The van der Waals surface area contributed by atoms with Crippen LogP contribution in [0.5, 0.6) is 0 Å². The van der Waals surface area contributed by atoms with Crippen LogP contribution in [-0.2, 0) is 6.54 Å². The van der Waals surface area contributed by atoms with Gasteiger partial charge in [0.1, 0.15) is 5.84 Å². The number of nitrogens with zero attached hydrogens (tertiary/aromatic N) is 4. The lowest BCUT2D eigenvalue weighted by Gasteiger charge is -2.15. The smallest absolute Gasteiger partial charge is 0.284 e. The van der Waals surface area contributed by atoms with Crippen molar-refractivity contribution >= 4 is 66.0 Å². The molecule has 1 fully saturated rings. The molecule has 0 bridgehead atoms. The number of carbonyl (C=O) groups is 1. The lowest BCUT2D eigenvalue weighted by molar-refractivity contribution is 0.244. The molecular formula is C25H18Br2N4OS2. The highest BCUT2D eigenvalue weighted by Crippen LogP contribution is 2.26. The van der Waals surface area contributed by atoms with Crippen LogP contribution in [-0.4, -0.2) is 26.3 Å². The second-order valence-corrected chi connectivity index (χ2v) is 11.1. The van der Waals surface area contributed by atoms with Gasteiger partial charge in [-0.2, -0.15) is 0 Å². The molecule has 0 aliphatic carbocycles. The van der Waals surface area contributed by atoms with Gasteiger partial charge in [0.15, 0.2) is 0 Å². The summed E-state index contributed by atoms with van der Waals surface area (Å²) in [6.07, 6.45) is 0. The van der Waals surface area contributed by atoms with E-state index in [1.807, 2.05) is 66.7 Å². The van der Waals surface area contributed by atoms with Crippen LogP contribution in [0.3, 0.4) is 0 Å². The van der Waals surface area contributed by atoms with Gasteiger partial charge in [-0.25, -0.2) is 0 Å². The molecule has 0 radical (unpaired) electrons. The Labute approximate surface area is 222 Å². The molecule has 0 N–H and O–H groups in total. The van der Waals surface area contributed by atoms with Gasteiger partial charge in [0.05, 0.1) is 18.0 Å². The molecule has 170 valence electrons. The summed E-state index contributed by atoms with van der Waals surface area (Å²) in [4.78, 5) is 14.9. The third-order valence-electron chi connectivity index (χ3n) is 5.22. The Kier molecular flexibility index (Phi) is 7.15. The molecular weight excluding hydrogens is 596 g/mol. The number of thioether (sulfide) groups is 1. The van der Waals surface area contributed by atoms with E-state index >= 15 is 0 Å². The Morgan fingerprint density at radius 1 is 0.853 bits per heavy atom. The Balaban J connectivity index is 1.57. The van der Waals surface area contributed by atoms with Gasteiger partial charge in [0.25, 0.3) is 5.24 Å². The van der Waals surface area contributed by atoms with Crippen LogP contribution in [0.25, 0.3) is 16.9 Å². The predicted octanol–water partition coefficient (Wildman–Crippen LogP) is 7.31. The maximum atomic E-state index is 12.5. The van der Waals surface area contributed by atoms with Gasteiger partial charge in [0, 0.05) is 20.0 Å². The molecule has 5 nitrogen and oxygen atoms in total. The molecule has 34 heavy (non-hydrogen) atoms. The van der Waals surface area contributed by atoms with Gasteiger partial charge >= 0.3 is 0 Å². The van der Waals surface area contributed by atoms with Gasteiger partial charge in [0.2, 0.25) is 4.80 Å². The summed E-state index contributed by atoms with van der Waals surface area (Å²) in [5.74, 6) is 1.18. The molecule has 0 atom stereocenters. The van der Waals surface area contributed by atoms with Crippen molar-refractivity contribution in [3.63, 3.8) is 0 Å². The maximum absolute atomic E-state index is 12.5. The quantitative estimate of drug-likeness (QED) is 0.222. The van der Waals surface area contributed by atoms with E-state index < -0.39 is 0 Å². The molecule has 9 heteroatoms. The largest absolute Gasteiger partial charge is 0.287 e. The Hall–Kier alpha value is -2.46. The Morgan fingerprint density at radius 3 is 2.24 bits per heavy atom. The normalized spacial score (nSPS) is 15.5. The van der Waals surface area contributed by atoms with Crippen molar-refractivity contribution in [1.82, 2.24) is 9.47 Å². The first-order valence-corrected chi connectivity index (χ1v) is 13.8. The molecule has 0 unspecified atom stereocenters. The minimum atomic E-state index is 0.000297. The lowest BCUT2D eigenvalue weighted by atomic mass is 10.1.